The molecule has 1 fully saturated rings. The number of rotatable bonds is 55. The molecule has 1 rings (SSSR count). The van der Waals surface area contributed by atoms with Crippen molar-refractivity contribution in [3.05, 3.63) is 60.8 Å². The SMILES string of the molecule is CC/C=C/C/C=C/CCCCCCCCC(O)C(=O)NC(COC1OC(CO)C(O)C(O)C1OC(=O)CCCCCCCCCCCCCCC/C=C\C/C=C\CCCCC)C(O)/C=C/CCCCCCCCCCCCC. The van der Waals surface area contributed by atoms with E-state index in [1.165, 1.54) is 148 Å². The van der Waals surface area contributed by atoms with Gasteiger partial charge < -0.3 is 45.1 Å². The van der Waals surface area contributed by atoms with Crippen molar-refractivity contribution in [1.82, 2.24) is 5.32 Å². The molecule has 11 heteroatoms. The van der Waals surface area contributed by atoms with Crippen LogP contribution in [-0.4, -0.2) is 99.6 Å². The summed E-state index contributed by atoms with van der Waals surface area (Å²) in [4.78, 5) is 26.6. The Labute approximate surface area is 478 Å². The van der Waals surface area contributed by atoms with Crippen molar-refractivity contribution in [2.24, 2.45) is 0 Å². The zero-order valence-electron chi connectivity index (χ0n) is 50.3. The number of hydrogen-bond donors (Lipinski definition) is 6. The van der Waals surface area contributed by atoms with E-state index in [0.717, 1.165) is 96.3 Å². The molecular weight excluding hydrogens is 979 g/mol. The second-order valence-electron chi connectivity index (χ2n) is 22.5. The van der Waals surface area contributed by atoms with Crippen LogP contribution >= 0.6 is 0 Å². The van der Waals surface area contributed by atoms with Gasteiger partial charge in [0.2, 0.25) is 5.91 Å². The third kappa shape index (κ3) is 42.2. The summed E-state index contributed by atoms with van der Waals surface area (Å²) in [7, 11) is 0. The fraction of sp³-hybridized carbons (Fsp3) is 0.821. The van der Waals surface area contributed by atoms with Crippen LogP contribution in [0.3, 0.4) is 0 Å². The van der Waals surface area contributed by atoms with Crippen molar-refractivity contribution in [1.29, 1.82) is 0 Å². The highest BCUT2D eigenvalue weighted by atomic mass is 16.7. The highest BCUT2D eigenvalue weighted by Gasteiger charge is 2.47. The normalized spacial score (nSPS) is 19.3. The Morgan fingerprint density at radius 3 is 1.40 bits per heavy atom. The maximum Gasteiger partial charge on any atom is 0.306 e. The first-order valence-corrected chi connectivity index (χ1v) is 32.6. The predicted octanol–water partition coefficient (Wildman–Crippen LogP) is 15.8. The van der Waals surface area contributed by atoms with Crippen LogP contribution in [0.1, 0.15) is 290 Å². The smallest absolute Gasteiger partial charge is 0.306 e. The highest BCUT2D eigenvalue weighted by Crippen LogP contribution is 2.26. The molecule has 0 aromatic heterocycles. The molecule has 454 valence electrons. The minimum Gasteiger partial charge on any atom is -0.454 e. The number of ether oxygens (including phenoxy) is 3. The molecule has 6 N–H and O–H groups in total. The van der Waals surface area contributed by atoms with Gasteiger partial charge in [-0.3, -0.25) is 9.59 Å². The maximum absolute atomic E-state index is 13.4. The number of nitrogens with one attached hydrogen (secondary N) is 1. The minimum atomic E-state index is -1.62. The van der Waals surface area contributed by atoms with Gasteiger partial charge in [-0.05, 0) is 83.5 Å². The summed E-state index contributed by atoms with van der Waals surface area (Å²) in [6, 6.07) is -1.03. The molecule has 1 heterocycles. The first kappa shape index (κ1) is 73.4. The summed E-state index contributed by atoms with van der Waals surface area (Å²) < 4.78 is 17.6. The van der Waals surface area contributed by atoms with Gasteiger partial charge in [-0.25, -0.2) is 0 Å². The number of aliphatic hydroxyl groups excluding tert-OH is 5. The molecule has 0 aromatic carbocycles. The molecule has 0 spiro atoms. The molecule has 0 bridgehead atoms. The number of unbranched alkanes of at least 4 members (excludes halogenated alkanes) is 33. The van der Waals surface area contributed by atoms with Crippen LogP contribution in [0, 0.1) is 0 Å². The van der Waals surface area contributed by atoms with Crippen molar-refractivity contribution >= 4 is 11.9 Å². The Kier molecular flexibility index (Phi) is 51.7. The van der Waals surface area contributed by atoms with Crippen LogP contribution in [0.15, 0.2) is 60.8 Å². The number of esters is 1. The fourth-order valence-electron chi connectivity index (χ4n) is 10.0. The molecule has 0 aliphatic carbocycles. The number of carbonyl (C=O) groups excluding carboxylic acids is 2. The van der Waals surface area contributed by atoms with Gasteiger partial charge in [-0.15, -0.1) is 0 Å². The predicted molar refractivity (Wildman–Crippen MR) is 324 cm³/mol. The summed E-state index contributed by atoms with van der Waals surface area (Å²) in [5, 5.41) is 57.0. The molecule has 1 aliphatic rings. The van der Waals surface area contributed by atoms with E-state index in [2.05, 4.69) is 74.7 Å². The summed E-state index contributed by atoms with van der Waals surface area (Å²) in [6.45, 7) is 5.67. The number of hydrogen-bond acceptors (Lipinski definition) is 10. The molecule has 0 aromatic rings. The van der Waals surface area contributed by atoms with Crippen molar-refractivity contribution in [3.63, 3.8) is 0 Å². The van der Waals surface area contributed by atoms with Gasteiger partial charge in [0.25, 0.3) is 0 Å². The lowest BCUT2D eigenvalue weighted by molar-refractivity contribution is -0.305. The monoisotopic (exact) mass is 1100 g/mol. The van der Waals surface area contributed by atoms with E-state index in [-0.39, 0.29) is 19.4 Å². The molecule has 78 heavy (non-hydrogen) atoms. The van der Waals surface area contributed by atoms with Crippen LogP contribution in [-0.2, 0) is 23.8 Å². The Bertz CT molecular complexity index is 1500. The van der Waals surface area contributed by atoms with Crippen LogP contribution in [0.4, 0.5) is 0 Å². The Hall–Kier alpha value is -2.64. The molecular formula is C67H121NO10. The molecule has 1 amide bonds. The van der Waals surface area contributed by atoms with Crippen LogP contribution in [0.5, 0.6) is 0 Å². The Morgan fingerprint density at radius 1 is 0.513 bits per heavy atom. The zero-order valence-corrected chi connectivity index (χ0v) is 50.3. The van der Waals surface area contributed by atoms with Gasteiger partial charge in [-0.2, -0.15) is 0 Å². The topological polar surface area (TPSA) is 175 Å². The van der Waals surface area contributed by atoms with E-state index in [1.807, 2.05) is 6.08 Å². The standard InChI is InChI=1S/C67H121NO10/c1-4-7-10-13-16-19-22-25-26-27-28-29-30-31-32-33-34-37-40-43-46-49-52-55-62(72)78-65-64(74)63(73)61(56-69)77-67(65)76-57-58(59(70)53-50-47-44-41-38-35-23-20-17-14-11-8-5-2)68-66(75)60(71)54-51-48-45-42-39-36-24-21-18-15-12-9-6-3/h9,12,16,18-19,21,25-26,50,53,58-61,63-65,67,69-71,73-74H,4-8,10-11,13-15,17,20,22-24,27-49,51-52,54-57H2,1-3H3,(H,68,75)/b12-9+,19-16-,21-18+,26-25-,53-50+. The highest BCUT2D eigenvalue weighted by molar-refractivity contribution is 5.80. The fourth-order valence-corrected chi connectivity index (χ4v) is 10.0. The average molecular weight is 1100 g/mol. The number of carbonyl (C=O) groups is 2. The maximum atomic E-state index is 13.4. The third-order valence-electron chi connectivity index (χ3n) is 15.2. The van der Waals surface area contributed by atoms with E-state index in [9.17, 15) is 35.1 Å². The van der Waals surface area contributed by atoms with Crippen LogP contribution in [0.25, 0.3) is 0 Å². The average Bonchev–Trinajstić information content (AvgIpc) is 3.44. The third-order valence-corrected chi connectivity index (χ3v) is 15.2. The van der Waals surface area contributed by atoms with Crippen LogP contribution in [0.2, 0.25) is 0 Å². The first-order chi connectivity index (χ1) is 38.2. The zero-order chi connectivity index (χ0) is 56.8. The van der Waals surface area contributed by atoms with E-state index in [4.69, 9.17) is 14.2 Å². The van der Waals surface area contributed by atoms with E-state index in [0.29, 0.717) is 12.8 Å². The largest absolute Gasteiger partial charge is 0.454 e. The molecule has 1 saturated heterocycles. The molecule has 8 atom stereocenters. The number of allylic oxidation sites excluding steroid dienone is 9. The lowest BCUT2D eigenvalue weighted by atomic mass is 9.99. The summed E-state index contributed by atoms with van der Waals surface area (Å²) >= 11 is 0. The second kappa shape index (κ2) is 54.9. The van der Waals surface area contributed by atoms with Crippen molar-refractivity contribution in [2.75, 3.05) is 13.2 Å². The van der Waals surface area contributed by atoms with E-state index >= 15 is 0 Å². The summed E-state index contributed by atoms with van der Waals surface area (Å²) in [5.41, 5.74) is 0. The molecule has 8 unspecified atom stereocenters. The van der Waals surface area contributed by atoms with Gasteiger partial charge in [0.15, 0.2) is 12.4 Å². The Balaban J connectivity index is 2.61. The van der Waals surface area contributed by atoms with Gasteiger partial charge in [0.1, 0.15) is 24.4 Å². The van der Waals surface area contributed by atoms with Crippen molar-refractivity contribution < 1.29 is 49.3 Å². The lowest BCUT2D eigenvalue weighted by Crippen LogP contribution is -2.61. The minimum absolute atomic E-state index is 0.122. The van der Waals surface area contributed by atoms with Crippen LogP contribution < -0.4 is 5.32 Å². The second-order valence-corrected chi connectivity index (χ2v) is 22.5. The van der Waals surface area contributed by atoms with Crippen molar-refractivity contribution in [2.45, 2.75) is 339 Å². The quantitative estimate of drug-likeness (QED) is 0.0195. The lowest BCUT2D eigenvalue weighted by Gasteiger charge is -2.41. The van der Waals surface area contributed by atoms with Gasteiger partial charge in [0.05, 0.1) is 25.4 Å². The van der Waals surface area contributed by atoms with E-state index < -0.39 is 67.4 Å². The number of aliphatic hydroxyl groups is 5. The van der Waals surface area contributed by atoms with Gasteiger partial charge in [0, 0.05) is 6.42 Å². The molecule has 0 saturated carbocycles. The number of amides is 1. The van der Waals surface area contributed by atoms with Gasteiger partial charge in [-0.1, -0.05) is 261 Å². The molecule has 0 radical (unpaired) electrons. The van der Waals surface area contributed by atoms with Crippen molar-refractivity contribution in [3.8, 4) is 0 Å². The summed E-state index contributed by atoms with van der Waals surface area (Å²) in [6.07, 6.45) is 58.3. The summed E-state index contributed by atoms with van der Waals surface area (Å²) in [5.74, 6) is -1.20. The Morgan fingerprint density at radius 2 is 0.923 bits per heavy atom. The first-order valence-electron chi connectivity index (χ1n) is 32.6. The van der Waals surface area contributed by atoms with Gasteiger partial charge >= 0.3 is 5.97 Å². The molecule has 11 nitrogen and oxygen atoms in total. The molecule has 1 aliphatic heterocycles. The van der Waals surface area contributed by atoms with E-state index in [1.54, 1.807) is 6.08 Å².